The first-order valence-electron chi connectivity index (χ1n) is 14.6. The van der Waals surface area contributed by atoms with Crippen molar-refractivity contribution in [1.29, 1.82) is 0 Å². The van der Waals surface area contributed by atoms with E-state index in [2.05, 4.69) is 10.3 Å². The number of anilines is 2. The van der Waals surface area contributed by atoms with Gasteiger partial charge in [-0.15, -0.1) is 11.8 Å². The molecule has 2 N–H and O–H groups in total. The maximum atomic E-state index is 13.9. The number of hydrogen-bond acceptors (Lipinski definition) is 7. The van der Waals surface area contributed by atoms with Gasteiger partial charge < -0.3 is 15.0 Å². The number of thioether (sulfide) groups is 1. The van der Waals surface area contributed by atoms with Crippen LogP contribution in [-0.4, -0.2) is 34.6 Å². The van der Waals surface area contributed by atoms with Crippen LogP contribution in [0.25, 0.3) is 0 Å². The van der Waals surface area contributed by atoms with Gasteiger partial charge in [-0.25, -0.2) is 0 Å². The third-order valence-corrected chi connectivity index (χ3v) is 12.6. The lowest BCUT2D eigenvalue weighted by Crippen LogP contribution is -2.42. The van der Waals surface area contributed by atoms with Gasteiger partial charge in [-0.3, -0.25) is 24.1 Å². The minimum absolute atomic E-state index is 0.00842. The average Bonchev–Trinajstić information content (AvgIpc) is 3.77. The summed E-state index contributed by atoms with van der Waals surface area (Å²) in [4.78, 5) is 57.9. The lowest BCUT2D eigenvalue weighted by molar-refractivity contribution is -0.123. The smallest absolute Gasteiger partial charge is 0.305 e. The van der Waals surface area contributed by atoms with Crippen LogP contribution in [0.1, 0.15) is 22.8 Å². The summed E-state index contributed by atoms with van der Waals surface area (Å²) in [6.07, 6.45) is 0.809. The Kier molecular flexibility index (Phi) is 7.09. The Balaban J connectivity index is 1.05. The van der Waals surface area contributed by atoms with E-state index in [1.54, 1.807) is 60.3 Å². The predicted octanol–water partition coefficient (Wildman–Crippen LogP) is 6.44. The summed E-state index contributed by atoms with van der Waals surface area (Å²) in [5.41, 5.74) is 2.19. The highest BCUT2D eigenvalue weighted by Crippen LogP contribution is 2.68. The fourth-order valence-corrected chi connectivity index (χ4v) is 11.0. The second-order valence-electron chi connectivity index (χ2n) is 11.9. The molecule has 4 unspecified atom stereocenters. The molecule has 2 aliphatic heterocycles. The first-order chi connectivity index (χ1) is 21.8. The number of carbonyl (C=O) groups excluding carboxylic acids is 3. The van der Waals surface area contributed by atoms with Crippen LogP contribution in [0.2, 0.25) is 10.0 Å². The zero-order chi connectivity index (χ0) is 31.0. The lowest BCUT2D eigenvalue weighted by atomic mass is 9.68. The fourth-order valence-electron chi connectivity index (χ4n) is 7.89. The first-order valence-corrected chi connectivity index (χ1v) is 17.0. The quantitative estimate of drug-likeness (QED) is 0.228. The molecular formula is C33H25Cl2N3O5S2. The van der Waals surface area contributed by atoms with E-state index in [4.69, 9.17) is 27.9 Å². The minimum Gasteiger partial charge on any atom is -0.484 e. The Morgan fingerprint density at radius 1 is 0.889 bits per heavy atom. The molecular weight excluding hydrogens is 653 g/mol. The van der Waals surface area contributed by atoms with E-state index < -0.39 is 0 Å². The van der Waals surface area contributed by atoms with E-state index in [1.165, 1.54) is 16.2 Å². The molecule has 12 heteroatoms. The van der Waals surface area contributed by atoms with E-state index in [-0.39, 0.29) is 70.0 Å². The van der Waals surface area contributed by atoms with Crippen LogP contribution in [0, 0.1) is 29.6 Å². The zero-order valence-corrected chi connectivity index (χ0v) is 26.6. The number of halogens is 2. The lowest BCUT2D eigenvalue weighted by Gasteiger charge is -2.43. The summed E-state index contributed by atoms with van der Waals surface area (Å²) in [7, 11) is 0. The number of fused-ring (bicyclic) bond motifs is 9. The number of hydrogen-bond donors (Lipinski definition) is 2. The molecule has 2 bridgehead atoms. The second kappa shape index (κ2) is 11.0. The standard InChI is InChI=1S/C33H25Cl2N3O5S2/c34-16-3-7-18(8-4-16)36-23(39)14-43-20-11-1-15(2-12-20)24-25-21-13-22(28(25)44-30-29(24)45-33(42)37-30)27-26(21)31(40)38(32(27)41)19-9-5-17(35)6-10-19/h1-12,21-22,24-28H,13-14H2,(H,36,39)(H,37,42)/t21-,22-,24-,25?,26?,27?,28?/m1/s1. The van der Waals surface area contributed by atoms with Crippen LogP contribution >= 0.6 is 46.3 Å². The molecule has 228 valence electrons. The van der Waals surface area contributed by atoms with E-state index in [9.17, 15) is 19.2 Å². The van der Waals surface area contributed by atoms with Crippen molar-refractivity contribution in [2.24, 2.45) is 29.6 Å². The molecule has 0 radical (unpaired) electrons. The molecule has 1 saturated heterocycles. The van der Waals surface area contributed by atoms with Gasteiger partial charge in [-0.1, -0.05) is 46.7 Å². The number of amides is 3. The van der Waals surface area contributed by atoms with E-state index >= 15 is 0 Å². The molecule has 8 rings (SSSR count). The number of aromatic amines is 1. The van der Waals surface area contributed by atoms with Crippen molar-refractivity contribution >= 4 is 75.4 Å². The van der Waals surface area contributed by atoms with Crippen molar-refractivity contribution in [3.05, 3.63) is 103 Å². The first kappa shape index (κ1) is 28.9. The highest BCUT2D eigenvalue weighted by Gasteiger charge is 2.69. The fraction of sp³-hybridized carbons (Fsp3) is 0.273. The van der Waals surface area contributed by atoms with E-state index in [1.807, 2.05) is 24.3 Å². The van der Waals surface area contributed by atoms with Crippen LogP contribution in [0.5, 0.6) is 5.75 Å². The van der Waals surface area contributed by atoms with Crippen molar-refractivity contribution in [2.45, 2.75) is 22.6 Å². The van der Waals surface area contributed by atoms with Crippen molar-refractivity contribution in [1.82, 2.24) is 4.98 Å². The topological polar surface area (TPSA) is 109 Å². The van der Waals surface area contributed by atoms with Gasteiger partial charge in [0.1, 0.15) is 5.75 Å². The molecule has 8 nitrogen and oxygen atoms in total. The Morgan fingerprint density at radius 3 is 2.22 bits per heavy atom. The van der Waals surface area contributed by atoms with Crippen LogP contribution in [0.15, 0.2) is 82.6 Å². The van der Waals surface area contributed by atoms with E-state index in [0.29, 0.717) is 27.2 Å². The zero-order valence-electron chi connectivity index (χ0n) is 23.4. The molecule has 2 saturated carbocycles. The highest BCUT2D eigenvalue weighted by molar-refractivity contribution is 8.00. The summed E-state index contributed by atoms with van der Waals surface area (Å²) in [5.74, 6) is -0.778. The molecule has 2 aliphatic carbocycles. The molecule has 0 spiro atoms. The van der Waals surface area contributed by atoms with Crippen LogP contribution < -0.4 is 19.8 Å². The predicted molar refractivity (Wildman–Crippen MR) is 174 cm³/mol. The number of H-pyrrole nitrogens is 1. The number of benzene rings is 3. The van der Waals surface area contributed by atoms with Crippen LogP contribution in [-0.2, 0) is 14.4 Å². The molecule has 45 heavy (non-hydrogen) atoms. The van der Waals surface area contributed by atoms with E-state index in [0.717, 1.165) is 21.9 Å². The number of thiazole rings is 1. The summed E-state index contributed by atoms with van der Waals surface area (Å²) in [6, 6.07) is 21.3. The van der Waals surface area contributed by atoms with Gasteiger partial charge >= 0.3 is 4.87 Å². The van der Waals surface area contributed by atoms with Gasteiger partial charge in [0.05, 0.1) is 22.5 Å². The molecule has 4 aromatic rings. The third-order valence-electron chi connectivity index (χ3n) is 9.55. The Bertz CT molecular complexity index is 1890. The second-order valence-corrected chi connectivity index (χ2v) is 14.9. The number of carbonyl (C=O) groups is 3. The molecule has 3 aromatic carbocycles. The number of nitrogens with zero attached hydrogens (tertiary/aromatic N) is 1. The normalized spacial score (nSPS) is 27.7. The molecule has 4 aliphatic rings. The highest BCUT2D eigenvalue weighted by atomic mass is 35.5. The third kappa shape index (κ3) is 4.81. The monoisotopic (exact) mass is 677 g/mol. The minimum atomic E-state index is -0.387. The van der Waals surface area contributed by atoms with Crippen LogP contribution in [0.4, 0.5) is 11.4 Å². The van der Waals surface area contributed by atoms with Crippen molar-refractivity contribution in [3.63, 3.8) is 0 Å². The molecule has 3 heterocycles. The molecule has 3 fully saturated rings. The maximum absolute atomic E-state index is 13.9. The van der Waals surface area contributed by atoms with Gasteiger partial charge in [-0.2, -0.15) is 0 Å². The van der Waals surface area contributed by atoms with Gasteiger partial charge in [0.2, 0.25) is 11.8 Å². The Morgan fingerprint density at radius 2 is 1.53 bits per heavy atom. The van der Waals surface area contributed by atoms with Crippen molar-refractivity contribution in [2.75, 3.05) is 16.8 Å². The largest absolute Gasteiger partial charge is 0.484 e. The van der Waals surface area contributed by atoms with Crippen molar-refractivity contribution < 1.29 is 19.1 Å². The SMILES string of the molecule is O=C(COc1ccc([C@H]2c3sc(=O)[nH]c3SC3C2[C@H]2C[C@@H]3C3C(=O)N(c4ccc(Cl)cc4)C(=O)C32)cc1)Nc1ccc(Cl)cc1. The number of ether oxygens (including phenoxy) is 1. The summed E-state index contributed by atoms with van der Waals surface area (Å²) < 4.78 is 5.77. The number of nitrogens with one attached hydrogen (secondary N) is 2. The van der Waals surface area contributed by atoms with Gasteiger partial charge in [0.25, 0.3) is 5.91 Å². The van der Waals surface area contributed by atoms with Crippen LogP contribution in [0.3, 0.4) is 0 Å². The van der Waals surface area contributed by atoms with Gasteiger partial charge in [0, 0.05) is 31.8 Å². The molecule has 1 aromatic heterocycles. The number of imide groups is 1. The Labute approximate surface area is 276 Å². The number of aromatic nitrogens is 1. The summed E-state index contributed by atoms with van der Waals surface area (Å²) in [6.45, 7) is -0.163. The average molecular weight is 679 g/mol. The van der Waals surface area contributed by atoms with Gasteiger partial charge in [0.15, 0.2) is 6.61 Å². The number of rotatable bonds is 6. The van der Waals surface area contributed by atoms with Crippen molar-refractivity contribution in [3.8, 4) is 5.75 Å². The maximum Gasteiger partial charge on any atom is 0.305 e. The summed E-state index contributed by atoms with van der Waals surface area (Å²) in [5, 5.41) is 4.85. The Hall–Kier alpha value is -3.57. The molecule has 3 amide bonds. The van der Waals surface area contributed by atoms with Gasteiger partial charge in [-0.05, 0) is 90.4 Å². The summed E-state index contributed by atoms with van der Waals surface area (Å²) >= 11 is 14.9. The molecule has 7 atom stereocenters.